The summed E-state index contributed by atoms with van der Waals surface area (Å²) in [6.45, 7) is 1.39. The Labute approximate surface area is 147 Å². The number of fused-ring (bicyclic) bond motifs is 2. The molecule has 1 amide bonds. The van der Waals surface area contributed by atoms with Crippen LogP contribution in [0.3, 0.4) is 0 Å². The fourth-order valence-corrected chi connectivity index (χ4v) is 4.99. The molecular weight excluding hydrogens is 338 g/mol. The lowest BCUT2D eigenvalue weighted by Gasteiger charge is -2.25. The zero-order chi connectivity index (χ0) is 16.7. The van der Waals surface area contributed by atoms with Crippen LogP contribution in [0.5, 0.6) is 0 Å². The van der Waals surface area contributed by atoms with Crippen molar-refractivity contribution in [2.75, 3.05) is 0 Å². The Morgan fingerprint density at radius 2 is 1.38 bits per heavy atom. The Balaban J connectivity index is 1.97. The van der Waals surface area contributed by atoms with Crippen molar-refractivity contribution in [1.29, 1.82) is 0 Å². The maximum Gasteiger partial charge on any atom is 0.243 e. The summed E-state index contributed by atoms with van der Waals surface area (Å²) in [4.78, 5) is 11.9. The lowest BCUT2D eigenvalue weighted by Crippen LogP contribution is -2.30. The monoisotopic (exact) mass is 353 g/mol. The summed E-state index contributed by atoms with van der Waals surface area (Å²) in [5.74, 6) is -0.370. The quantitative estimate of drug-likeness (QED) is 0.393. The third kappa shape index (κ3) is 2.41. The summed E-state index contributed by atoms with van der Waals surface area (Å²) >= 11 is 3.26. The molecule has 2 heterocycles. The van der Waals surface area contributed by atoms with E-state index >= 15 is 0 Å². The summed E-state index contributed by atoms with van der Waals surface area (Å²) < 4.78 is 2.29. The maximum atomic E-state index is 11.9. The largest absolute Gasteiger partial charge is 0.285 e. The van der Waals surface area contributed by atoms with Crippen LogP contribution in [0.1, 0.15) is 24.1 Å². The second-order valence-electron chi connectivity index (χ2n) is 5.64. The zero-order valence-corrected chi connectivity index (χ0v) is 14.6. The van der Waals surface area contributed by atoms with E-state index in [0.717, 1.165) is 36.4 Å². The molecule has 1 N–H and O–H groups in total. The lowest BCUT2D eigenvalue weighted by atomic mass is 9.97. The molecule has 0 aliphatic heterocycles. The molecular formula is C19H15NO2S2. The van der Waals surface area contributed by atoms with Gasteiger partial charge in [0.25, 0.3) is 0 Å². The first-order chi connectivity index (χ1) is 11.7. The van der Waals surface area contributed by atoms with Gasteiger partial charge in [0, 0.05) is 27.5 Å². The van der Waals surface area contributed by atoms with Crippen LogP contribution < -0.4 is 0 Å². The molecule has 0 saturated heterocycles. The number of carbonyl (C=O) groups excluding carboxylic acids is 1. The number of carbonyl (C=O) groups is 1. The molecule has 5 heteroatoms. The first-order valence-electron chi connectivity index (χ1n) is 7.57. The number of rotatable bonds is 3. The van der Waals surface area contributed by atoms with Gasteiger partial charge in [-0.1, -0.05) is 36.4 Å². The zero-order valence-electron chi connectivity index (χ0n) is 13.0. The van der Waals surface area contributed by atoms with E-state index in [-0.39, 0.29) is 5.91 Å². The van der Waals surface area contributed by atoms with Crippen LogP contribution in [-0.4, -0.2) is 16.2 Å². The molecule has 2 aromatic heterocycles. The van der Waals surface area contributed by atoms with Crippen molar-refractivity contribution in [3.63, 3.8) is 0 Å². The van der Waals surface area contributed by atoms with Gasteiger partial charge in [0.2, 0.25) is 5.91 Å². The van der Waals surface area contributed by atoms with Gasteiger partial charge in [-0.05, 0) is 33.7 Å². The molecule has 0 radical (unpaired) electrons. The van der Waals surface area contributed by atoms with Crippen LogP contribution in [0.4, 0.5) is 0 Å². The lowest BCUT2D eigenvalue weighted by molar-refractivity contribution is -0.170. The molecule has 120 valence electrons. The fourth-order valence-electron chi connectivity index (χ4n) is 3.03. The smallest absolute Gasteiger partial charge is 0.243 e. The molecule has 24 heavy (non-hydrogen) atoms. The summed E-state index contributed by atoms with van der Waals surface area (Å²) in [5, 5.41) is 17.6. The molecule has 0 bridgehead atoms. The van der Waals surface area contributed by atoms with E-state index in [0.29, 0.717) is 0 Å². The third-order valence-corrected chi connectivity index (χ3v) is 6.14. The van der Waals surface area contributed by atoms with E-state index < -0.39 is 6.04 Å². The van der Waals surface area contributed by atoms with Gasteiger partial charge in [-0.25, -0.2) is 5.06 Å². The minimum atomic E-state index is -0.505. The molecule has 0 atom stereocenters. The van der Waals surface area contributed by atoms with Gasteiger partial charge in [-0.15, -0.1) is 22.7 Å². The fraction of sp³-hybridized carbons (Fsp3) is 0.105. The Bertz CT molecular complexity index is 960. The van der Waals surface area contributed by atoms with Crippen molar-refractivity contribution in [2.24, 2.45) is 0 Å². The first kappa shape index (κ1) is 15.3. The van der Waals surface area contributed by atoms with E-state index in [1.807, 2.05) is 47.2 Å². The van der Waals surface area contributed by atoms with Crippen LogP contribution in [0, 0.1) is 0 Å². The predicted molar refractivity (Wildman–Crippen MR) is 99.8 cm³/mol. The molecule has 0 spiro atoms. The van der Waals surface area contributed by atoms with Crippen LogP contribution in [0.2, 0.25) is 0 Å². The number of benzene rings is 2. The molecule has 0 saturated carbocycles. The van der Waals surface area contributed by atoms with Gasteiger partial charge in [-0.3, -0.25) is 10.0 Å². The minimum absolute atomic E-state index is 0.370. The van der Waals surface area contributed by atoms with Crippen molar-refractivity contribution >= 4 is 48.8 Å². The van der Waals surface area contributed by atoms with Crippen molar-refractivity contribution in [3.05, 3.63) is 70.4 Å². The van der Waals surface area contributed by atoms with Crippen molar-refractivity contribution in [2.45, 2.75) is 13.0 Å². The summed E-state index contributed by atoms with van der Waals surface area (Å²) in [7, 11) is 0. The van der Waals surface area contributed by atoms with Gasteiger partial charge in [0.15, 0.2) is 0 Å². The van der Waals surface area contributed by atoms with Crippen molar-refractivity contribution < 1.29 is 10.0 Å². The highest BCUT2D eigenvalue weighted by molar-refractivity contribution is 7.17. The molecule has 0 fully saturated rings. The molecule has 0 aliphatic carbocycles. The molecule has 0 unspecified atom stereocenters. The van der Waals surface area contributed by atoms with Crippen molar-refractivity contribution in [1.82, 2.24) is 5.06 Å². The minimum Gasteiger partial charge on any atom is -0.285 e. The topological polar surface area (TPSA) is 40.5 Å². The summed E-state index contributed by atoms with van der Waals surface area (Å²) in [5.41, 5.74) is 1.91. The SMILES string of the molecule is CC(=O)N(O)C(c1csc2ccccc12)c1csc2ccccc12. The second-order valence-corrected chi connectivity index (χ2v) is 7.46. The van der Waals surface area contributed by atoms with E-state index in [1.165, 1.54) is 6.92 Å². The second kappa shape index (κ2) is 6.02. The molecule has 0 aliphatic rings. The summed E-state index contributed by atoms with van der Waals surface area (Å²) in [6, 6.07) is 15.7. The van der Waals surface area contributed by atoms with Gasteiger partial charge in [0.05, 0.1) is 0 Å². The van der Waals surface area contributed by atoms with Gasteiger partial charge in [-0.2, -0.15) is 0 Å². The number of amides is 1. The van der Waals surface area contributed by atoms with Gasteiger partial charge < -0.3 is 0 Å². The Hall–Kier alpha value is -2.21. The highest BCUT2D eigenvalue weighted by Crippen LogP contribution is 2.41. The highest BCUT2D eigenvalue weighted by atomic mass is 32.1. The van der Waals surface area contributed by atoms with Crippen LogP contribution in [0.25, 0.3) is 20.2 Å². The van der Waals surface area contributed by atoms with Gasteiger partial charge >= 0.3 is 0 Å². The Kier molecular flexibility index (Phi) is 3.84. The Morgan fingerprint density at radius 3 is 1.83 bits per heavy atom. The Morgan fingerprint density at radius 1 is 0.917 bits per heavy atom. The maximum absolute atomic E-state index is 11.9. The molecule has 2 aromatic carbocycles. The summed E-state index contributed by atoms with van der Waals surface area (Å²) in [6.07, 6.45) is 0. The first-order valence-corrected chi connectivity index (χ1v) is 9.33. The van der Waals surface area contributed by atoms with E-state index in [2.05, 4.69) is 12.1 Å². The van der Waals surface area contributed by atoms with Crippen molar-refractivity contribution in [3.8, 4) is 0 Å². The van der Waals surface area contributed by atoms with Crippen LogP contribution in [-0.2, 0) is 4.79 Å². The average Bonchev–Trinajstić information content (AvgIpc) is 3.20. The molecule has 4 rings (SSSR count). The number of nitrogens with zero attached hydrogens (tertiary/aromatic N) is 1. The van der Waals surface area contributed by atoms with Gasteiger partial charge in [0.1, 0.15) is 6.04 Å². The number of hydroxylamine groups is 2. The highest BCUT2D eigenvalue weighted by Gasteiger charge is 2.28. The van der Waals surface area contributed by atoms with E-state index in [1.54, 1.807) is 22.7 Å². The third-order valence-electron chi connectivity index (χ3n) is 4.18. The molecule has 4 aromatic rings. The van der Waals surface area contributed by atoms with E-state index in [4.69, 9.17) is 0 Å². The standard InChI is InChI=1S/C19H15NO2S2/c1-12(21)20(22)19(15-10-23-17-8-4-2-6-13(15)17)16-11-24-18-9-5-3-7-14(16)18/h2-11,19,22H,1H3. The number of hydrogen-bond donors (Lipinski definition) is 1. The average molecular weight is 353 g/mol. The predicted octanol–water partition coefficient (Wildman–Crippen LogP) is 5.44. The molecule has 3 nitrogen and oxygen atoms in total. The van der Waals surface area contributed by atoms with Crippen LogP contribution >= 0.6 is 22.7 Å². The van der Waals surface area contributed by atoms with Crippen LogP contribution in [0.15, 0.2) is 59.3 Å². The van der Waals surface area contributed by atoms with E-state index in [9.17, 15) is 10.0 Å². The number of hydrogen-bond acceptors (Lipinski definition) is 4. The number of thiophene rings is 2. The normalized spacial score (nSPS) is 11.5.